The molecular weight excluding hydrogens is 295 g/mol. The van der Waals surface area contributed by atoms with Crippen LogP contribution in [-0.4, -0.2) is 14.2 Å². The lowest BCUT2D eigenvalue weighted by atomic mass is 10.0. The molecule has 1 atom stereocenters. The van der Waals surface area contributed by atoms with Crippen LogP contribution in [0, 0.1) is 0 Å². The zero-order chi connectivity index (χ0) is 14.5. The molecule has 106 valence electrons. The minimum absolute atomic E-state index is 0.212. The first-order valence-electron chi connectivity index (χ1n) is 6.25. The molecule has 0 bridgehead atoms. The van der Waals surface area contributed by atoms with Crippen LogP contribution in [0.4, 0.5) is 0 Å². The number of ether oxygens (including phenoxy) is 2. The summed E-state index contributed by atoms with van der Waals surface area (Å²) < 4.78 is 10.6. The van der Waals surface area contributed by atoms with Crippen molar-refractivity contribution < 1.29 is 9.47 Å². The molecule has 0 saturated heterocycles. The van der Waals surface area contributed by atoms with Crippen LogP contribution in [0.5, 0.6) is 11.5 Å². The second-order valence-electron chi connectivity index (χ2n) is 4.37. The Balaban J connectivity index is 2.25. The van der Waals surface area contributed by atoms with Gasteiger partial charge < -0.3 is 9.47 Å². The van der Waals surface area contributed by atoms with Crippen LogP contribution in [0.1, 0.15) is 16.5 Å². The number of hydrogen-bond acceptors (Lipinski definition) is 2. The van der Waals surface area contributed by atoms with Crippen molar-refractivity contribution in [2.24, 2.45) is 0 Å². The van der Waals surface area contributed by atoms with Gasteiger partial charge in [-0.15, -0.1) is 11.6 Å². The Labute approximate surface area is 129 Å². The summed E-state index contributed by atoms with van der Waals surface area (Å²) in [7, 11) is 3.24. The van der Waals surface area contributed by atoms with E-state index in [2.05, 4.69) is 0 Å². The Bertz CT molecular complexity index is 584. The van der Waals surface area contributed by atoms with Crippen molar-refractivity contribution in [2.75, 3.05) is 14.2 Å². The maximum atomic E-state index is 6.51. The van der Waals surface area contributed by atoms with Crippen molar-refractivity contribution in [3.63, 3.8) is 0 Å². The second kappa shape index (κ2) is 6.87. The Hall–Kier alpha value is -1.38. The van der Waals surface area contributed by atoms with Crippen LogP contribution in [0.25, 0.3) is 0 Å². The summed E-state index contributed by atoms with van der Waals surface area (Å²) in [4.78, 5) is 0. The molecule has 0 aromatic heterocycles. The average molecular weight is 311 g/mol. The summed E-state index contributed by atoms with van der Waals surface area (Å²) in [5, 5.41) is 0.515. The first kappa shape index (κ1) is 15.0. The molecule has 0 aliphatic carbocycles. The number of methoxy groups -OCH3 is 2. The zero-order valence-corrected chi connectivity index (χ0v) is 12.9. The van der Waals surface area contributed by atoms with E-state index in [4.69, 9.17) is 32.7 Å². The van der Waals surface area contributed by atoms with Gasteiger partial charge in [0.25, 0.3) is 0 Å². The molecule has 0 saturated carbocycles. The van der Waals surface area contributed by atoms with Gasteiger partial charge in [0, 0.05) is 16.7 Å². The first-order valence-corrected chi connectivity index (χ1v) is 7.06. The molecule has 0 N–H and O–H groups in total. The van der Waals surface area contributed by atoms with E-state index in [1.165, 1.54) is 0 Å². The smallest absolute Gasteiger partial charge is 0.127 e. The zero-order valence-electron chi connectivity index (χ0n) is 11.4. The quantitative estimate of drug-likeness (QED) is 0.733. The Morgan fingerprint density at radius 3 is 2.45 bits per heavy atom. The molecule has 0 radical (unpaired) electrons. The van der Waals surface area contributed by atoms with E-state index in [-0.39, 0.29) is 5.38 Å². The van der Waals surface area contributed by atoms with Crippen molar-refractivity contribution in [3.05, 3.63) is 58.6 Å². The van der Waals surface area contributed by atoms with Gasteiger partial charge in [-0.05, 0) is 24.1 Å². The molecule has 2 nitrogen and oxygen atoms in total. The Kier molecular flexibility index (Phi) is 5.16. The molecule has 0 aliphatic heterocycles. The highest BCUT2D eigenvalue weighted by atomic mass is 35.5. The van der Waals surface area contributed by atoms with Crippen molar-refractivity contribution in [2.45, 2.75) is 11.8 Å². The highest BCUT2D eigenvalue weighted by molar-refractivity contribution is 6.31. The maximum absolute atomic E-state index is 6.51. The van der Waals surface area contributed by atoms with Gasteiger partial charge in [-0.2, -0.15) is 0 Å². The van der Waals surface area contributed by atoms with Crippen LogP contribution in [0.2, 0.25) is 5.02 Å². The van der Waals surface area contributed by atoms with E-state index in [0.29, 0.717) is 6.42 Å². The van der Waals surface area contributed by atoms with E-state index in [0.717, 1.165) is 27.6 Å². The number of hydrogen-bond donors (Lipinski definition) is 0. The minimum Gasteiger partial charge on any atom is -0.497 e. The van der Waals surface area contributed by atoms with E-state index in [9.17, 15) is 0 Å². The van der Waals surface area contributed by atoms with Gasteiger partial charge in [0.1, 0.15) is 11.5 Å². The molecule has 1 unspecified atom stereocenters. The van der Waals surface area contributed by atoms with Crippen LogP contribution >= 0.6 is 23.2 Å². The topological polar surface area (TPSA) is 18.5 Å². The van der Waals surface area contributed by atoms with E-state index in [1.54, 1.807) is 14.2 Å². The Morgan fingerprint density at radius 1 is 1.05 bits per heavy atom. The highest BCUT2D eigenvalue weighted by Crippen LogP contribution is 2.35. The predicted molar refractivity (Wildman–Crippen MR) is 83.3 cm³/mol. The summed E-state index contributed by atoms with van der Waals surface area (Å²) in [5.74, 6) is 1.46. The van der Waals surface area contributed by atoms with Gasteiger partial charge in [-0.1, -0.05) is 35.9 Å². The molecule has 20 heavy (non-hydrogen) atoms. The first-order chi connectivity index (χ1) is 9.65. The highest BCUT2D eigenvalue weighted by Gasteiger charge is 2.16. The lowest BCUT2D eigenvalue weighted by Crippen LogP contribution is -2.00. The lowest BCUT2D eigenvalue weighted by Gasteiger charge is -2.15. The molecule has 0 amide bonds. The normalized spacial score (nSPS) is 12.0. The van der Waals surface area contributed by atoms with Crippen LogP contribution in [0.15, 0.2) is 42.5 Å². The molecule has 2 aromatic carbocycles. The molecule has 0 fully saturated rings. The van der Waals surface area contributed by atoms with Crippen molar-refractivity contribution in [1.29, 1.82) is 0 Å². The van der Waals surface area contributed by atoms with Crippen molar-refractivity contribution in [1.82, 2.24) is 0 Å². The summed E-state index contributed by atoms with van der Waals surface area (Å²) in [6, 6.07) is 13.3. The molecule has 0 spiro atoms. The number of halogens is 2. The van der Waals surface area contributed by atoms with Gasteiger partial charge in [-0.3, -0.25) is 0 Å². The molecule has 0 heterocycles. The third-order valence-corrected chi connectivity index (χ3v) is 3.89. The summed E-state index contributed by atoms with van der Waals surface area (Å²) in [6.07, 6.45) is 0.643. The Morgan fingerprint density at radius 2 is 1.80 bits per heavy atom. The fraction of sp³-hybridized carbons (Fsp3) is 0.250. The fourth-order valence-electron chi connectivity index (χ4n) is 2.04. The van der Waals surface area contributed by atoms with E-state index < -0.39 is 0 Å². The lowest BCUT2D eigenvalue weighted by molar-refractivity contribution is 0.390. The van der Waals surface area contributed by atoms with Crippen molar-refractivity contribution in [3.8, 4) is 11.5 Å². The SMILES string of the molecule is COc1ccc(C(Cl)Cc2ccccc2Cl)c(OC)c1. The summed E-state index contributed by atoms with van der Waals surface area (Å²) in [6.45, 7) is 0. The molecular formula is C16H16Cl2O2. The van der Waals surface area contributed by atoms with Crippen molar-refractivity contribution >= 4 is 23.2 Å². The van der Waals surface area contributed by atoms with Crippen LogP contribution < -0.4 is 9.47 Å². The summed E-state index contributed by atoms with van der Waals surface area (Å²) in [5.41, 5.74) is 1.95. The monoisotopic (exact) mass is 310 g/mol. The van der Waals surface area contributed by atoms with E-state index in [1.807, 2.05) is 42.5 Å². The third-order valence-electron chi connectivity index (χ3n) is 3.14. The van der Waals surface area contributed by atoms with Crippen LogP contribution in [0.3, 0.4) is 0 Å². The molecule has 2 rings (SSSR count). The number of benzene rings is 2. The van der Waals surface area contributed by atoms with Gasteiger partial charge >= 0.3 is 0 Å². The van der Waals surface area contributed by atoms with Crippen LogP contribution in [-0.2, 0) is 6.42 Å². The minimum atomic E-state index is -0.212. The molecule has 0 aliphatic rings. The van der Waals surface area contributed by atoms with E-state index >= 15 is 0 Å². The fourth-order valence-corrected chi connectivity index (χ4v) is 2.60. The second-order valence-corrected chi connectivity index (χ2v) is 5.30. The molecule has 4 heteroatoms. The third kappa shape index (κ3) is 3.38. The predicted octanol–water partition coefficient (Wildman–Crippen LogP) is 4.88. The maximum Gasteiger partial charge on any atom is 0.127 e. The molecule has 2 aromatic rings. The van der Waals surface area contributed by atoms with Gasteiger partial charge in [-0.25, -0.2) is 0 Å². The standard InChI is InChI=1S/C16H16Cl2O2/c1-19-12-7-8-13(16(10-12)20-2)15(18)9-11-5-3-4-6-14(11)17/h3-8,10,15H,9H2,1-2H3. The number of rotatable bonds is 5. The van der Waals surface area contributed by atoms with Gasteiger partial charge in [0.2, 0.25) is 0 Å². The van der Waals surface area contributed by atoms with Gasteiger partial charge in [0.15, 0.2) is 0 Å². The number of alkyl halides is 1. The average Bonchev–Trinajstić information content (AvgIpc) is 2.48. The largest absolute Gasteiger partial charge is 0.497 e. The van der Waals surface area contributed by atoms with Gasteiger partial charge in [0.05, 0.1) is 19.6 Å². The summed E-state index contributed by atoms with van der Waals surface area (Å²) >= 11 is 12.7.